The summed E-state index contributed by atoms with van der Waals surface area (Å²) in [5, 5.41) is 4.15. The number of nitrogens with one attached hydrogen (secondary N) is 1. The molecule has 2 aromatic rings. The minimum Gasteiger partial charge on any atom is -0.323 e. The van der Waals surface area contributed by atoms with E-state index in [1.165, 1.54) is 18.2 Å². The van der Waals surface area contributed by atoms with Crippen LogP contribution in [0.1, 0.15) is 25.8 Å². The normalized spacial score (nSPS) is 31.3. The number of carbonyl (C=O) groups excluding carboxylic acids is 3. The third-order valence-corrected chi connectivity index (χ3v) is 8.54. The number of benzene rings is 2. The van der Waals surface area contributed by atoms with Crippen LogP contribution in [0.3, 0.4) is 0 Å². The molecule has 0 radical (unpaired) electrons. The van der Waals surface area contributed by atoms with Crippen LogP contribution in [0.4, 0.5) is 11.4 Å². The lowest BCUT2D eigenvalue weighted by Crippen LogP contribution is -2.54. The van der Waals surface area contributed by atoms with Crippen molar-refractivity contribution in [2.45, 2.75) is 31.8 Å². The van der Waals surface area contributed by atoms with Crippen LogP contribution in [0.5, 0.6) is 0 Å². The van der Waals surface area contributed by atoms with Crippen molar-refractivity contribution in [2.75, 3.05) is 16.8 Å². The zero-order valence-electron chi connectivity index (χ0n) is 18.2. The Morgan fingerprint density at radius 3 is 2.24 bits per heavy atom. The molecule has 6 nitrogen and oxygen atoms in total. The maximum absolute atomic E-state index is 14.0. The maximum atomic E-state index is 14.0. The Labute approximate surface area is 216 Å². The molecule has 1 spiro atoms. The van der Waals surface area contributed by atoms with E-state index >= 15 is 0 Å². The third-order valence-electron chi connectivity index (χ3n) is 7.59. The van der Waals surface area contributed by atoms with Crippen molar-refractivity contribution < 1.29 is 14.4 Å². The van der Waals surface area contributed by atoms with Crippen LogP contribution in [0.25, 0.3) is 0 Å². The van der Waals surface area contributed by atoms with Gasteiger partial charge in [-0.2, -0.15) is 0 Å². The highest BCUT2D eigenvalue weighted by Gasteiger charge is 2.76. The molecule has 2 aromatic carbocycles. The van der Waals surface area contributed by atoms with E-state index in [1.807, 2.05) is 4.90 Å². The van der Waals surface area contributed by atoms with Crippen molar-refractivity contribution in [3.05, 3.63) is 56.0 Å². The van der Waals surface area contributed by atoms with Gasteiger partial charge in [0.15, 0.2) is 0 Å². The van der Waals surface area contributed by atoms with Crippen LogP contribution < -0.4 is 10.2 Å². The number of halogens is 4. The highest BCUT2D eigenvalue weighted by molar-refractivity contribution is 6.38. The van der Waals surface area contributed by atoms with Gasteiger partial charge in [-0.3, -0.25) is 19.3 Å². The van der Waals surface area contributed by atoms with Crippen molar-refractivity contribution in [3.8, 4) is 0 Å². The first-order chi connectivity index (χ1) is 16.0. The fraction of sp³-hybridized carbons (Fsp3) is 0.375. The van der Waals surface area contributed by atoms with Gasteiger partial charge in [0.05, 0.1) is 28.2 Å². The molecule has 34 heavy (non-hydrogen) atoms. The molecule has 4 aliphatic rings. The van der Waals surface area contributed by atoms with Gasteiger partial charge in [0.25, 0.3) is 5.91 Å². The van der Waals surface area contributed by atoms with Crippen molar-refractivity contribution in [1.29, 1.82) is 0 Å². The lowest BCUT2D eigenvalue weighted by Gasteiger charge is -2.37. The number of nitrogens with zero attached hydrogens (tertiary/aromatic N) is 2. The summed E-state index contributed by atoms with van der Waals surface area (Å²) in [6, 6.07) is 7.54. The van der Waals surface area contributed by atoms with Gasteiger partial charge in [0.1, 0.15) is 5.54 Å². The lowest BCUT2D eigenvalue weighted by molar-refractivity contribution is -0.135. The van der Waals surface area contributed by atoms with Crippen LogP contribution >= 0.6 is 46.4 Å². The first-order valence-electron chi connectivity index (χ1n) is 10.9. The average Bonchev–Trinajstić information content (AvgIpc) is 3.35. The van der Waals surface area contributed by atoms with E-state index in [0.29, 0.717) is 50.0 Å². The molecule has 4 atom stereocenters. The summed E-state index contributed by atoms with van der Waals surface area (Å²) >= 11 is 25.2. The fourth-order valence-electron chi connectivity index (χ4n) is 6.57. The number of imide groups is 1. The van der Waals surface area contributed by atoms with Gasteiger partial charge >= 0.3 is 0 Å². The van der Waals surface area contributed by atoms with Crippen molar-refractivity contribution in [2.24, 2.45) is 17.3 Å². The van der Waals surface area contributed by atoms with Gasteiger partial charge in [-0.25, -0.2) is 4.90 Å². The second kappa shape index (κ2) is 7.11. The summed E-state index contributed by atoms with van der Waals surface area (Å²) in [5.41, 5.74) is -0.285. The van der Waals surface area contributed by atoms with Crippen LogP contribution in [-0.4, -0.2) is 35.2 Å². The monoisotopic (exact) mass is 537 g/mol. The summed E-state index contributed by atoms with van der Waals surface area (Å²) in [5.74, 6) is -2.82. The summed E-state index contributed by atoms with van der Waals surface area (Å²) in [7, 11) is 0. The molecule has 3 amide bonds. The van der Waals surface area contributed by atoms with Crippen LogP contribution in [-0.2, 0) is 19.9 Å². The Morgan fingerprint density at radius 2 is 1.56 bits per heavy atom. The van der Waals surface area contributed by atoms with Crippen LogP contribution in [0.2, 0.25) is 20.1 Å². The molecule has 3 saturated heterocycles. The van der Waals surface area contributed by atoms with E-state index in [4.69, 9.17) is 46.4 Å². The predicted octanol–water partition coefficient (Wildman–Crippen LogP) is 5.37. The Bertz CT molecular complexity index is 1310. The van der Waals surface area contributed by atoms with E-state index < -0.39 is 23.3 Å². The summed E-state index contributed by atoms with van der Waals surface area (Å²) in [4.78, 5) is 44.9. The summed E-state index contributed by atoms with van der Waals surface area (Å²) < 4.78 is 0. The number of fused-ring (bicyclic) bond motifs is 7. The number of rotatable bonds is 1. The van der Waals surface area contributed by atoms with Crippen molar-refractivity contribution in [3.63, 3.8) is 0 Å². The second-order valence-electron chi connectivity index (χ2n) is 10.2. The van der Waals surface area contributed by atoms with Gasteiger partial charge in [-0.05, 0) is 42.2 Å². The predicted molar refractivity (Wildman–Crippen MR) is 132 cm³/mol. The molecule has 10 heteroatoms. The molecule has 176 valence electrons. The highest BCUT2D eigenvalue weighted by atomic mass is 35.5. The van der Waals surface area contributed by atoms with Crippen molar-refractivity contribution >= 4 is 75.5 Å². The largest absolute Gasteiger partial charge is 0.323 e. The topological polar surface area (TPSA) is 69.7 Å². The smallest absolute Gasteiger partial charge is 0.250 e. The van der Waals surface area contributed by atoms with E-state index in [2.05, 4.69) is 19.2 Å². The molecular formula is C24H19Cl4N3O3. The maximum Gasteiger partial charge on any atom is 0.250 e. The Hall–Kier alpha value is -1.83. The zero-order valence-corrected chi connectivity index (χ0v) is 21.2. The van der Waals surface area contributed by atoms with Crippen LogP contribution in [0.15, 0.2) is 30.3 Å². The molecular weight excluding hydrogens is 520 g/mol. The molecule has 4 aliphatic heterocycles. The van der Waals surface area contributed by atoms with E-state index in [1.54, 1.807) is 12.1 Å². The summed E-state index contributed by atoms with van der Waals surface area (Å²) in [6.45, 7) is 4.75. The molecule has 1 N–H and O–H groups in total. The van der Waals surface area contributed by atoms with Crippen LogP contribution in [0, 0.1) is 17.3 Å². The Kier molecular flexibility index (Phi) is 4.73. The van der Waals surface area contributed by atoms with Gasteiger partial charge < -0.3 is 5.32 Å². The lowest BCUT2D eigenvalue weighted by atomic mass is 9.73. The Morgan fingerprint density at radius 1 is 0.912 bits per heavy atom. The van der Waals surface area contributed by atoms with Gasteiger partial charge in [-0.15, -0.1) is 0 Å². The molecule has 0 saturated carbocycles. The third kappa shape index (κ3) is 2.78. The molecule has 0 aliphatic carbocycles. The number of carbonyl (C=O) groups is 3. The molecule has 0 bridgehead atoms. The Balaban J connectivity index is 1.59. The van der Waals surface area contributed by atoms with E-state index in [0.717, 1.165) is 4.90 Å². The van der Waals surface area contributed by atoms with E-state index in [9.17, 15) is 14.4 Å². The number of hydrogen-bond donors (Lipinski definition) is 1. The molecule has 4 unspecified atom stereocenters. The fourth-order valence-corrected chi connectivity index (χ4v) is 7.63. The summed E-state index contributed by atoms with van der Waals surface area (Å²) in [6.07, 6.45) is 0.663. The van der Waals surface area contributed by atoms with Gasteiger partial charge in [-0.1, -0.05) is 60.3 Å². The minimum absolute atomic E-state index is 0.163. The number of anilines is 2. The first-order valence-corrected chi connectivity index (χ1v) is 12.4. The zero-order chi connectivity index (χ0) is 24.3. The second-order valence-corrected chi connectivity index (χ2v) is 12.0. The van der Waals surface area contributed by atoms with Crippen molar-refractivity contribution in [1.82, 2.24) is 4.90 Å². The SMILES string of the molecule is CC1(C)CC2C3C(=O)N(c4cc(Cl)cc(Cl)c4)C(=O)C3C3(C(=O)Nc4c(Cl)cc(Cl)cc43)N2C1. The molecule has 6 rings (SSSR count). The molecule has 0 aromatic heterocycles. The quantitative estimate of drug-likeness (QED) is 0.496. The standard InChI is InChI=1S/C24H19Cl4N3O3/c1-23(2)8-16-17-18(21(33)31(20(17)32)13-4-10(25)3-11(26)5-13)24(30(16)9-23)14-6-12(27)7-15(28)19(14)29-22(24)34/h3-7,16-18H,8-9H2,1-2H3,(H,29,34). The number of hydrogen-bond acceptors (Lipinski definition) is 4. The molecule has 4 heterocycles. The molecule has 3 fully saturated rings. The minimum atomic E-state index is -1.39. The van der Waals surface area contributed by atoms with Gasteiger partial charge in [0, 0.05) is 33.2 Å². The first kappa shape index (κ1) is 22.6. The average molecular weight is 539 g/mol. The number of amides is 3. The highest BCUT2D eigenvalue weighted by Crippen LogP contribution is 2.63. The van der Waals surface area contributed by atoms with E-state index in [-0.39, 0.29) is 23.3 Å². The van der Waals surface area contributed by atoms with Gasteiger partial charge in [0.2, 0.25) is 11.8 Å².